The molecule has 1 aliphatic heterocycles. The Morgan fingerprint density at radius 3 is 2.89 bits per heavy atom. The van der Waals surface area contributed by atoms with Gasteiger partial charge in [0.2, 0.25) is 0 Å². The number of nitro benzene ring substituents is 1. The molecule has 7 heteroatoms. The number of aromatic hydroxyl groups is 1. The standard InChI is InChI=1S/C11H12N2O5/c1-18-11(15)8-2-6-3-9(13(16)17)10(14)4-7(6)5-12-8/h3-4,8,12,14H,2,5H2,1H3/t8-/m0/s1. The predicted molar refractivity (Wildman–Crippen MR) is 61.1 cm³/mol. The predicted octanol–water partition coefficient (Wildman–Crippen LogP) is 0.488. The molecular weight excluding hydrogens is 240 g/mol. The maximum absolute atomic E-state index is 11.4. The van der Waals surface area contributed by atoms with Gasteiger partial charge >= 0.3 is 11.7 Å². The van der Waals surface area contributed by atoms with E-state index in [0.29, 0.717) is 18.5 Å². The minimum Gasteiger partial charge on any atom is -0.502 e. The van der Waals surface area contributed by atoms with Crippen LogP contribution < -0.4 is 5.32 Å². The Bertz CT molecular complexity index is 514. The first-order chi connectivity index (χ1) is 8.52. The summed E-state index contributed by atoms with van der Waals surface area (Å²) in [4.78, 5) is 21.5. The maximum atomic E-state index is 11.4. The molecule has 2 rings (SSSR count). The quantitative estimate of drug-likeness (QED) is 0.451. The van der Waals surface area contributed by atoms with Crippen molar-refractivity contribution < 1.29 is 19.6 Å². The van der Waals surface area contributed by atoms with E-state index in [2.05, 4.69) is 10.1 Å². The molecule has 0 spiro atoms. The van der Waals surface area contributed by atoms with Crippen molar-refractivity contribution in [3.63, 3.8) is 0 Å². The number of ether oxygens (including phenoxy) is 1. The van der Waals surface area contributed by atoms with Gasteiger partial charge in [0, 0.05) is 12.6 Å². The number of nitrogens with one attached hydrogen (secondary N) is 1. The monoisotopic (exact) mass is 252 g/mol. The number of hydrogen-bond acceptors (Lipinski definition) is 6. The van der Waals surface area contributed by atoms with Gasteiger partial charge in [-0.15, -0.1) is 0 Å². The van der Waals surface area contributed by atoms with Gasteiger partial charge in [-0.3, -0.25) is 14.9 Å². The number of phenolic OH excluding ortho intramolecular Hbond substituents is 1. The summed E-state index contributed by atoms with van der Waals surface area (Å²) >= 11 is 0. The van der Waals surface area contributed by atoms with Crippen LogP contribution >= 0.6 is 0 Å². The van der Waals surface area contributed by atoms with Crippen LogP contribution in [-0.2, 0) is 22.5 Å². The van der Waals surface area contributed by atoms with E-state index in [0.717, 1.165) is 5.56 Å². The first kappa shape index (κ1) is 12.3. The highest BCUT2D eigenvalue weighted by molar-refractivity contribution is 5.76. The summed E-state index contributed by atoms with van der Waals surface area (Å²) in [7, 11) is 1.29. The van der Waals surface area contributed by atoms with Crippen molar-refractivity contribution in [3.8, 4) is 5.75 Å². The van der Waals surface area contributed by atoms with Crippen LogP contribution in [0.1, 0.15) is 11.1 Å². The van der Waals surface area contributed by atoms with Crippen molar-refractivity contribution in [3.05, 3.63) is 33.4 Å². The molecule has 0 radical (unpaired) electrons. The Labute approximate surface area is 103 Å². The Morgan fingerprint density at radius 2 is 2.28 bits per heavy atom. The number of methoxy groups -OCH3 is 1. The van der Waals surface area contributed by atoms with Crippen molar-refractivity contribution in [2.75, 3.05) is 7.11 Å². The van der Waals surface area contributed by atoms with Gasteiger partial charge in [0.15, 0.2) is 5.75 Å². The number of carbonyl (C=O) groups is 1. The normalized spacial score (nSPS) is 17.9. The molecule has 0 saturated carbocycles. The van der Waals surface area contributed by atoms with Crippen LogP contribution in [0.5, 0.6) is 5.75 Å². The van der Waals surface area contributed by atoms with Crippen molar-refractivity contribution in [1.82, 2.24) is 5.32 Å². The molecule has 1 aromatic carbocycles. The second-order valence-electron chi connectivity index (χ2n) is 4.03. The number of benzene rings is 1. The number of rotatable bonds is 2. The highest BCUT2D eigenvalue weighted by atomic mass is 16.6. The number of hydrogen-bond donors (Lipinski definition) is 2. The zero-order chi connectivity index (χ0) is 13.3. The van der Waals surface area contributed by atoms with E-state index in [-0.39, 0.29) is 11.4 Å². The highest BCUT2D eigenvalue weighted by Crippen LogP contribution is 2.31. The van der Waals surface area contributed by atoms with Gasteiger partial charge in [-0.1, -0.05) is 0 Å². The zero-order valence-electron chi connectivity index (χ0n) is 9.67. The lowest BCUT2D eigenvalue weighted by molar-refractivity contribution is -0.385. The maximum Gasteiger partial charge on any atom is 0.323 e. The van der Waals surface area contributed by atoms with Gasteiger partial charge in [0.1, 0.15) is 6.04 Å². The van der Waals surface area contributed by atoms with E-state index >= 15 is 0 Å². The summed E-state index contributed by atoms with van der Waals surface area (Å²) in [5, 5.41) is 23.2. The molecule has 1 aliphatic rings. The van der Waals surface area contributed by atoms with Crippen LogP contribution in [0, 0.1) is 10.1 Å². The van der Waals surface area contributed by atoms with Gasteiger partial charge in [-0.25, -0.2) is 0 Å². The SMILES string of the molecule is COC(=O)[C@@H]1Cc2cc([N+](=O)[O-])c(O)cc2CN1. The molecule has 1 aromatic rings. The average Bonchev–Trinajstić information content (AvgIpc) is 2.36. The Balaban J connectivity index is 2.34. The first-order valence-corrected chi connectivity index (χ1v) is 5.33. The van der Waals surface area contributed by atoms with E-state index in [4.69, 9.17) is 0 Å². The van der Waals surface area contributed by atoms with E-state index in [1.54, 1.807) is 0 Å². The fraction of sp³-hybridized carbons (Fsp3) is 0.364. The summed E-state index contributed by atoms with van der Waals surface area (Å²) < 4.78 is 4.62. The number of nitrogens with zero attached hydrogens (tertiary/aromatic N) is 1. The first-order valence-electron chi connectivity index (χ1n) is 5.33. The summed E-state index contributed by atoms with van der Waals surface area (Å²) in [6.07, 6.45) is 0.309. The summed E-state index contributed by atoms with van der Waals surface area (Å²) in [6.45, 7) is 0.362. The number of fused-ring (bicyclic) bond motifs is 1. The topological polar surface area (TPSA) is 102 Å². The summed E-state index contributed by atoms with van der Waals surface area (Å²) in [5.74, 6) is -0.770. The molecule has 1 atom stereocenters. The van der Waals surface area contributed by atoms with Gasteiger partial charge in [-0.05, 0) is 23.6 Å². The van der Waals surface area contributed by atoms with Crippen molar-refractivity contribution in [2.24, 2.45) is 0 Å². The lowest BCUT2D eigenvalue weighted by atomic mass is 9.95. The third-order valence-electron chi connectivity index (χ3n) is 2.94. The fourth-order valence-electron chi connectivity index (χ4n) is 2.00. The minimum absolute atomic E-state index is 0.309. The van der Waals surface area contributed by atoms with Crippen molar-refractivity contribution in [1.29, 1.82) is 0 Å². The molecule has 0 bridgehead atoms. The summed E-state index contributed by atoms with van der Waals surface area (Å²) in [5.41, 5.74) is 1.08. The second-order valence-corrected chi connectivity index (χ2v) is 4.03. The largest absolute Gasteiger partial charge is 0.502 e. The Hall–Kier alpha value is -2.15. The van der Waals surface area contributed by atoms with Gasteiger partial charge in [-0.2, -0.15) is 0 Å². The minimum atomic E-state index is -0.648. The highest BCUT2D eigenvalue weighted by Gasteiger charge is 2.27. The van der Waals surface area contributed by atoms with Gasteiger partial charge in [0.25, 0.3) is 0 Å². The molecule has 96 valence electrons. The third-order valence-corrected chi connectivity index (χ3v) is 2.94. The number of carbonyl (C=O) groups excluding carboxylic acids is 1. The van der Waals surface area contributed by atoms with E-state index in [1.807, 2.05) is 0 Å². The van der Waals surface area contributed by atoms with Crippen molar-refractivity contribution in [2.45, 2.75) is 19.0 Å². The van der Waals surface area contributed by atoms with E-state index in [1.165, 1.54) is 19.2 Å². The zero-order valence-corrected chi connectivity index (χ0v) is 9.67. The Kier molecular flexibility index (Phi) is 3.15. The molecule has 0 saturated heterocycles. The molecule has 0 fully saturated rings. The molecule has 2 N–H and O–H groups in total. The van der Waals surface area contributed by atoms with Crippen LogP contribution in [0.2, 0.25) is 0 Å². The van der Waals surface area contributed by atoms with Crippen LogP contribution in [0.4, 0.5) is 5.69 Å². The number of esters is 1. The molecule has 0 aromatic heterocycles. The molecule has 0 unspecified atom stereocenters. The molecule has 1 heterocycles. The average molecular weight is 252 g/mol. The molecular formula is C11H12N2O5. The van der Waals surface area contributed by atoms with E-state index < -0.39 is 16.9 Å². The number of nitro groups is 1. The molecule has 0 amide bonds. The number of phenols is 1. The smallest absolute Gasteiger partial charge is 0.323 e. The molecule has 18 heavy (non-hydrogen) atoms. The van der Waals surface area contributed by atoms with Gasteiger partial charge in [0.05, 0.1) is 12.0 Å². The van der Waals surface area contributed by atoms with Crippen LogP contribution in [0.3, 0.4) is 0 Å². The van der Waals surface area contributed by atoms with Crippen LogP contribution in [-0.4, -0.2) is 29.2 Å². The fourth-order valence-corrected chi connectivity index (χ4v) is 2.00. The molecule has 0 aliphatic carbocycles. The Morgan fingerprint density at radius 1 is 1.56 bits per heavy atom. The summed E-state index contributed by atoms with van der Waals surface area (Å²) in [6, 6.07) is 2.15. The molecule has 7 nitrogen and oxygen atoms in total. The van der Waals surface area contributed by atoms with Crippen LogP contribution in [0.15, 0.2) is 12.1 Å². The van der Waals surface area contributed by atoms with Crippen LogP contribution in [0.25, 0.3) is 0 Å². The lowest BCUT2D eigenvalue weighted by Crippen LogP contribution is -2.42. The van der Waals surface area contributed by atoms with Crippen molar-refractivity contribution >= 4 is 11.7 Å². The lowest BCUT2D eigenvalue weighted by Gasteiger charge is -2.24. The van der Waals surface area contributed by atoms with E-state index in [9.17, 15) is 20.0 Å². The van der Waals surface area contributed by atoms with Gasteiger partial charge < -0.3 is 15.2 Å². The third kappa shape index (κ3) is 2.12. The second kappa shape index (κ2) is 4.61.